The number of anilines is 1. The molecule has 1 unspecified atom stereocenters. The van der Waals surface area contributed by atoms with Gasteiger partial charge in [0.05, 0.1) is 38.2 Å². The van der Waals surface area contributed by atoms with Gasteiger partial charge in [0, 0.05) is 26.2 Å². The lowest BCUT2D eigenvalue weighted by Gasteiger charge is -2.31. The van der Waals surface area contributed by atoms with E-state index >= 15 is 0 Å². The van der Waals surface area contributed by atoms with Crippen molar-refractivity contribution in [2.75, 3.05) is 50.9 Å². The van der Waals surface area contributed by atoms with E-state index in [0.29, 0.717) is 19.1 Å². The van der Waals surface area contributed by atoms with E-state index in [4.69, 9.17) is 20.2 Å². The first-order valence-electron chi connectivity index (χ1n) is 8.17. The molecule has 2 N–H and O–H groups in total. The first-order chi connectivity index (χ1) is 11.2. The summed E-state index contributed by atoms with van der Waals surface area (Å²) in [6.45, 7) is 8.10. The molecule has 0 aliphatic carbocycles. The fourth-order valence-corrected chi connectivity index (χ4v) is 2.81. The highest BCUT2D eigenvalue weighted by Crippen LogP contribution is 2.14. The quantitative estimate of drug-likeness (QED) is 0.425. The first-order valence-corrected chi connectivity index (χ1v) is 8.17. The van der Waals surface area contributed by atoms with E-state index < -0.39 is 0 Å². The average molecular weight is 447 g/mol. The SMILES string of the molecule is CC1CN(C(N)=NCc2cccc(N3CCOCC3)n2)CCO1.I. The second-order valence-corrected chi connectivity index (χ2v) is 5.89. The molecule has 2 fully saturated rings. The highest BCUT2D eigenvalue weighted by atomic mass is 127. The molecule has 7 nitrogen and oxygen atoms in total. The molecule has 8 heteroatoms. The van der Waals surface area contributed by atoms with Gasteiger partial charge >= 0.3 is 0 Å². The molecule has 1 aromatic heterocycles. The van der Waals surface area contributed by atoms with Gasteiger partial charge in [0.15, 0.2) is 5.96 Å². The Kier molecular flexibility index (Phi) is 7.50. The number of hydrogen-bond acceptors (Lipinski definition) is 5. The summed E-state index contributed by atoms with van der Waals surface area (Å²) in [6, 6.07) is 6.05. The van der Waals surface area contributed by atoms with Gasteiger partial charge < -0.3 is 25.0 Å². The lowest BCUT2D eigenvalue weighted by molar-refractivity contribution is 0.00528. The molecule has 134 valence electrons. The van der Waals surface area contributed by atoms with Crippen molar-refractivity contribution in [2.45, 2.75) is 19.6 Å². The third-order valence-corrected chi connectivity index (χ3v) is 4.10. The normalized spacial score (nSPS) is 22.2. The predicted octanol–water partition coefficient (Wildman–Crippen LogP) is 1.07. The molecule has 2 aliphatic rings. The standard InChI is InChI=1S/C16H25N5O2.HI/c1-13-12-21(7-10-23-13)16(17)18-11-14-3-2-4-15(19-14)20-5-8-22-9-6-20;/h2-4,13H,5-12H2,1H3,(H2,17,18);1H. The number of pyridine rings is 1. The Bertz CT molecular complexity index is 551. The van der Waals surface area contributed by atoms with E-state index in [2.05, 4.69) is 14.8 Å². The van der Waals surface area contributed by atoms with E-state index in [-0.39, 0.29) is 30.1 Å². The second kappa shape index (κ2) is 9.38. The van der Waals surface area contributed by atoms with Gasteiger partial charge in [0.1, 0.15) is 5.82 Å². The van der Waals surface area contributed by atoms with Gasteiger partial charge in [0.25, 0.3) is 0 Å². The number of guanidine groups is 1. The zero-order valence-corrected chi connectivity index (χ0v) is 16.4. The van der Waals surface area contributed by atoms with Crippen molar-refractivity contribution < 1.29 is 9.47 Å². The molecule has 2 saturated heterocycles. The number of halogens is 1. The zero-order chi connectivity index (χ0) is 16.1. The number of aliphatic imine (C=N–C) groups is 1. The van der Waals surface area contributed by atoms with Crippen molar-refractivity contribution in [2.24, 2.45) is 10.7 Å². The highest BCUT2D eigenvalue weighted by Gasteiger charge is 2.18. The van der Waals surface area contributed by atoms with Crippen molar-refractivity contribution in [1.29, 1.82) is 0 Å². The number of rotatable bonds is 3. The van der Waals surface area contributed by atoms with E-state index in [1.54, 1.807) is 0 Å². The largest absolute Gasteiger partial charge is 0.378 e. The molecular formula is C16H26IN5O2. The summed E-state index contributed by atoms with van der Waals surface area (Å²) in [6.07, 6.45) is 0.195. The molecule has 0 bridgehead atoms. The Morgan fingerprint density at radius 3 is 2.83 bits per heavy atom. The topological polar surface area (TPSA) is 76.2 Å². The van der Waals surface area contributed by atoms with Crippen molar-refractivity contribution in [3.63, 3.8) is 0 Å². The number of nitrogens with zero attached hydrogens (tertiary/aromatic N) is 4. The third-order valence-electron chi connectivity index (χ3n) is 4.10. The Hall–Kier alpha value is -1.13. The summed E-state index contributed by atoms with van der Waals surface area (Å²) in [5.41, 5.74) is 7.03. The Morgan fingerprint density at radius 2 is 2.08 bits per heavy atom. The summed E-state index contributed by atoms with van der Waals surface area (Å²) in [5.74, 6) is 1.55. The number of nitrogens with two attached hydrogens (primary N) is 1. The van der Waals surface area contributed by atoms with Crippen LogP contribution < -0.4 is 10.6 Å². The maximum atomic E-state index is 6.10. The number of ether oxygens (including phenoxy) is 2. The van der Waals surface area contributed by atoms with Crippen LogP contribution in [0.2, 0.25) is 0 Å². The van der Waals surface area contributed by atoms with Gasteiger partial charge in [-0.05, 0) is 19.1 Å². The van der Waals surface area contributed by atoms with Crippen LogP contribution in [0.4, 0.5) is 5.82 Å². The average Bonchev–Trinajstić information content (AvgIpc) is 2.61. The van der Waals surface area contributed by atoms with Crippen molar-refractivity contribution >= 4 is 35.8 Å². The van der Waals surface area contributed by atoms with Crippen LogP contribution in [0.3, 0.4) is 0 Å². The Balaban J connectivity index is 0.00000208. The van der Waals surface area contributed by atoms with Gasteiger partial charge in [-0.3, -0.25) is 0 Å². The molecule has 1 aromatic rings. The van der Waals surface area contributed by atoms with Crippen LogP contribution in [-0.4, -0.2) is 67.9 Å². The van der Waals surface area contributed by atoms with Gasteiger partial charge in [-0.25, -0.2) is 9.98 Å². The second-order valence-electron chi connectivity index (χ2n) is 5.89. The smallest absolute Gasteiger partial charge is 0.191 e. The van der Waals surface area contributed by atoms with Crippen LogP contribution in [-0.2, 0) is 16.0 Å². The van der Waals surface area contributed by atoms with Gasteiger partial charge in [-0.2, -0.15) is 0 Å². The summed E-state index contributed by atoms with van der Waals surface area (Å²) in [4.78, 5) is 13.5. The van der Waals surface area contributed by atoms with E-state index in [1.165, 1.54) is 0 Å². The lowest BCUT2D eigenvalue weighted by atomic mass is 10.3. The Labute approximate surface area is 160 Å². The third kappa shape index (κ3) is 5.18. The predicted molar refractivity (Wildman–Crippen MR) is 105 cm³/mol. The summed E-state index contributed by atoms with van der Waals surface area (Å²) >= 11 is 0. The maximum absolute atomic E-state index is 6.10. The highest BCUT2D eigenvalue weighted by molar-refractivity contribution is 14.0. The van der Waals surface area contributed by atoms with Crippen LogP contribution in [0.5, 0.6) is 0 Å². The van der Waals surface area contributed by atoms with Crippen LogP contribution in [0.1, 0.15) is 12.6 Å². The first kappa shape index (κ1) is 19.2. The van der Waals surface area contributed by atoms with E-state index in [0.717, 1.165) is 50.9 Å². The molecule has 0 saturated carbocycles. The number of aromatic nitrogens is 1. The lowest BCUT2D eigenvalue weighted by Crippen LogP contribution is -2.47. The molecule has 24 heavy (non-hydrogen) atoms. The molecule has 0 radical (unpaired) electrons. The fourth-order valence-electron chi connectivity index (χ4n) is 2.81. The molecule has 3 rings (SSSR count). The molecule has 0 spiro atoms. The van der Waals surface area contributed by atoms with Crippen molar-refractivity contribution in [1.82, 2.24) is 9.88 Å². The van der Waals surface area contributed by atoms with Gasteiger partial charge in [-0.1, -0.05) is 6.07 Å². The number of hydrogen-bond donors (Lipinski definition) is 1. The molecule has 1 atom stereocenters. The van der Waals surface area contributed by atoms with Gasteiger partial charge in [-0.15, -0.1) is 24.0 Å². The van der Waals surface area contributed by atoms with Crippen LogP contribution in [0.25, 0.3) is 0 Å². The van der Waals surface area contributed by atoms with E-state index in [9.17, 15) is 0 Å². The number of morpholine rings is 2. The minimum absolute atomic E-state index is 0. The van der Waals surface area contributed by atoms with Crippen LogP contribution in [0.15, 0.2) is 23.2 Å². The monoisotopic (exact) mass is 447 g/mol. The summed E-state index contributed by atoms with van der Waals surface area (Å²) < 4.78 is 10.9. The minimum atomic E-state index is 0. The summed E-state index contributed by atoms with van der Waals surface area (Å²) in [5, 5.41) is 0. The fraction of sp³-hybridized carbons (Fsp3) is 0.625. The van der Waals surface area contributed by atoms with Crippen LogP contribution in [0, 0.1) is 0 Å². The van der Waals surface area contributed by atoms with Crippen molar-refractivity contribution in [3.8, 4) is 0 Å². The maximum Gasteiger partial charge on any atom is 0.191 e. The molecule has 0 amide bonds. The molecule has 0 aromatic carbocycles. The molecule has 3 heterocycles. The van der Waals surface area contributed by atoms with Crippen molar-refractivity contribution in [3.05, 3.63) is 23.9 Å². The Morgan fingerprint density at radius 1 is 1.29 bits per heavy atom. The minimum Gasteiger partial charge on any atom is -0.378 e. The van der Waals surface area contributed by atoms with Gasteiger partial charge in [0.2, 0.25) is 0 Å². The van der Waals surface area contributed by atoms with Crippen LogP contribution >= 0.6 is 24.0 Å². The summed E-state index contributed by atoms with van der Waals surface area (Å²) in [7, 11) is 0. The van der Waals surface area contributed by atoms with E-state index in [1.807, 2.05) is 25.1 Å². The zero-order valence-electron chi connectivity index (χ0n) is 14.1. The molecular weight excluding hydrogens is 421 g/mol. The molecule has 2 aliphatic heterocycles.